The van der Waals surface area contributed by atoms with Gasteiger partial charge in [-0.1, -0.05) is 24.6 Å². The second-order valence-corrected chi connectivity index (χ2v) is 5.02. The molecule has 102 valence electrons. The van der Waals surface area contributed by atoms with Crippen LogP contribution in [0, 0.1) is 5.82 Å². The first-order valence-corrected chi connectivity index (χ1v) is 6.86. The van der Waals surface area contributed by atoms with Crippen LogP contribution in [0.2, 0.25) is 5.02 Å². The van der Waals surface area contributed by atoms with E-state index in [0.717, 1.165) is 25.1 Å². The van der Waals surface area contributed by atoms with E-state index in [1.807, 2.05) is 16.8 Å². The molecule has 0 saturated heterocycles. The standard InChI is InChI=1S/C15H18ClFN2/c1-2-6-18-9-13-5-7-19(11-13)10-12-3-4-14(16)15(17)8-12/h3-5,7-8,11,18H,2,6,9-10H2,1H3. The number of hydrogen-bond acceptors (Lipinski definition) is 1. The van der Waals surface area contributed by atoms with Gasteiger partial charge in [-0.25, -0.2) is 4.39 Å². The largest absolute Gasteiger partial charge is 0.350 e. The van der Waals surface area contributed by atoms with Crippen molar-refractivity contribution in [2.24, 2.45) is 0 Å². The van der Waals surface area contributed by atoms with Crippen LogP contribution in [0.3, 0.4) is 0 Å². The highest BCUT2D eigenvalue weighted by Gasteiger charge is 2.02. The second-order valence-electron chi connectivity index (χ2n) is 4.62. The molecule has 0 fully saturated rings. The second kappa shape index (κ2) is 6.73. The molecule has 4 heteroatoms. The van der Waals surface area contributed by atoms with Crippen LogP contribution in [0.25, 0.3) is 0 Å². The lowest BCUT2D eigenvalue weighted by molar-refractivity contribution is 0.624. The summed E-state index contributed by atoms with van der Waals surface area (Å²) in [7, 11) is 0. The molecule has 0 amide bonds. The summed E-state index contributed by atoms with van der Waals surface area (Å²) in [5, 5.41) is 3.52. The van der Waals surface area contributed by atoms with E-state index in [-0.39, 0.29) is 10.8 Å². The molecule has 1 heterocycles. The zero-order valence-electron chi connectivity index (χ0n) is 11.0. The Morgan fingerprint density at radius 1 is 1.26 bits per heavy atom. The molecule has 2 nitrogen and oxygen atoms in total. The molecule has 2 rings (SSSR count). The Labute approximate surface area is 118 Å². The van der Waals surface area contributed by atoms with Gasteiger partial charge in [0.1, 0.15) is 5.82 Å². The smallest absolute Gasteiger partial charge is 0.142 e. The van der Waals surface area contributed by atoms with Crippen molar-refractivity contribution >= 4 is 11.6 Å². The third kappa shape index (κ3) is 4.08. The Kier molecular flexibility index (Phi) is 5.00. The fraction of sp³-hybridized carbons (Fsp3) is 0.333. The van der Waals surface area contributed by atoms with Gasteiger partial charge >= 0.3 is 0 Å². The lowest BCUT2D eigenvalue weighted by atomic mass is 10.2. The number of nitrogens with zero attached hydrogens (tertiary/aromatic N) is 1. The fourth-order valence-electron chi connectivity index (χ4n) is 1.95. The SMILES string of the molecule is CCCNCc1ccn(Cc2ccc(Cl)c(F)c2)c1. The van der Waals surface area contributed by atoms with E-state index in [9.17, 15) is 4.39 Å². The first-order valence-electron chi connectivity index (χ1n) is 6.48. The molecule has 2 aromatic rings. The van der Waals surface area contributed by atoms with E-state index in [1.165, 1.54) is 11.6 Å². The van der Waals surface area contributed by atoms with Crippen LogP contribution < -0.4 is 5.32 Å². The highest BCUT2D eigenvalue weighted by Crippen LogP contribution is 2.16. The molecular weight excluding hydrogens is 263 g/mol. The average Bonchev–Trinajstić information content (AvgIpc) is 2.82. The van der Waals surface area contributed by atoms with Crippen LogP contribution in [-0.2, 0) is 13.1 Å². The van der Waals surface area contributed by atoms with Gasteiger partial charge in [0.2, 0.25) is 0 Å². The third-order valence-electron chi connectivity index (χ3n) is 2.92. The molecule has 0 saturated carbocycles. The monoisotopic (exact) mass is 280 g/mol. The summed E-state index contributed by atoms with van der Waals surface area (Å²) >= 11 is 5.67. The van der Waals surface area contributed by atoms with E-state index in [1.54, 1.807) is 6.07 Å². The number of rotatable bonds is 6. The highest BCUT2D eigenvalue weighted by atomic mass is 35.5. The van der Waals surface area contributed by atoms with Crippen molar-refractivity contribution in [1.82, 2.24) is 9.88 Å². The number of aromatic nitrogens is 1. The zero-order chi connectivity index (χ0) is 13.7. The van der Waals surface area contributed by atoms with Gasteiger partial charge in [0.25, 0.3) is 0 Å². The van der Waals surface area contributed by atoms with E-state index >= 15 is 0 Å². The Morgan fingerprint density at radius 2 is 2.11 bits per heavy atom. The number of benzene rings is 1. The van der Waals surface area contributed by atoms with Crippen molar-refractivity contribution in [2.75, 3.05) is 6.54 Å². The van der Waals surface area contributed by atoms with Crippen molar-refractivity contribution in [3.63, 3.8) is 0 Å². The van der Waals surface area contributed by atoms with Crippen LogP contribution in [0.1, 0.15) is 24.5 Å². The lowest BCUT2D eigenvalue weighted by Crippen LogP contribution is -2.13. The average molecular weight is 281 g/mol. The van der Waals surface area contributed by atoms with Gasteiger partial charge in [-0.2, -0.15) is 0 Å². The summed E-state index contributed by atoms with van der Waals surface area (Å²) in [6, 6.07) is 7.01. The van der Waals surface area contributed by atoms with E-state index in [0.29, 0.717) is 6.54 Å². The van der Waals surface area contributed by atoms with Crippen molar-refractivity contribution in [2.45, 2.75) is 26.4 Å². The van der Waals surface area contributed by atoms with Gasteiger partial charge in [-0.15, -0.1) is 0 Å². The predicted octanol–water partition coefficient (Wildman–Crippen LogP) is 3.83. The van der Waals surface area contributed by atoms with Crippen molar-refractivity contribution in [3.05, 3.63) is 58.6 Å². The van der Waals surface area contributed by atoms with Gasteiger partial charge in [0.15, 0.2) is 0 Å². The van der Waals surface area contributed by atoms with Crippen molar-refractivity contribution in [3.8, 4) is 0 Å². The minimum absolute atomic E-state index is 0.167. The minimum atomic E-state index is -0.365. The summed E-state index contributed by atoms with van der Waals surface area (Å²) in [5.41, 5.74) is 2.15. The molecule has 0 atom stereocenters. The van der Waals surface area contributed by atoms with Gasteiger partial charge in [-0.3, -0.25) is 0 Å². The van der Waals surface area contributed by atoms with Crippen molar-refractivity contribution < 1.29 is 4.39 Å². The molecule has 1 aromatic heterocycles. The highest BCUT2D eigenvalue weighted by molar-refractivity contribution is 6.30. The molecule has 0 aliphatic heterocycles. The molecule has 1 aromatic carbocycles. The van der Waals surface area contributed by atoms with Crippen LogP contribution in [0.5, 0.6) is 0 Å². The lowest BCUT2D eigenvalue weighted by Gasteiger charge is -2.04. The Bertz CT molecular complexity index is 537. The number of halogens is 2. The quantitative estimate of drug-likeness (QED) is 0.796. The molecule has 0 spiro atoms. The first kappa shape index (κ1) is 14.1. The van der Waals surface area contributed by atoms with Gasteiger partial charge in [0.05, 0.1) is 5.02 Å². The zero-order valence-corrected chi connectivity index (χ0v) is 11.8. The maximum atomic E-state index is 13.3. The number of hydrogen-bond donors (Lipinski definition) is 1. The van der Waals surface area contributed by atoms with Crippen molar-refractivity contribution in [1.29, 1.82) is 0 Å². The molecule has 1 N–H and O–H groups in total. The predicted molar refractivity (Wildman–Crippen MR) is 76.9 cm³/mol. The molecule has 19 heavy (non-hydrogen) atoms. The van der Waals surface area contributed by atoms with Crippen LogP contribution in [0.4, 0.5) is 4.39 Å². The molecule has 0 radical (unpaired) electrons. The molecule has 0 aliphatic rings. The molecule has 0 bridgehead atoms. The summed E-state index contributed by atoms with van der Waals surface area (Å²) in [5.74, 6) is -0.365. The number of nitrogens with one attached hydrogen (secondary N) is 1. The van der Waals surface area contributed by atoms with E-state index < -0.39 is 0 Å². The summed E-state index contributed by atoms with van der Waals surface area (Å²) in [6.45, 7) is 4.69. The Morgan fingerprint density at radius 3 is 2.84 bits per heavy atom. The van der Waals surface area contributed by atoms with Crippen LogP contribution in [-0.4, -0.2) is 11.1 Å². The van der Waals surface area contributed by atoms with E-state index in [2.05, 4.69) is 24.5 Å². The maximum Gasteiger partial charge on any atom is 0.142 e. The summed E-state index contributed by atoms with van der Waals surface area (Å²) < 4.78 is 15.4. The summed E-state index contributed by atoms with van der Waals surface area (Å²) in [6.07, 6.45) is 5.22. The Hall–Kier alpha value is -1.32. The molecular formula is C15H18ClFN2. The summed E-state index contributed by atoms with van der Waals surface area (Å²) in [4.78, 5) is 0. The first-order chi connectivity index (χ1) is 9.19. The van der Waals surface area contributed by atoms with Gasteiger partial charge in [-0.05, 0) is 42.3 Å². The molecule has 0 aliphatic carbocycles. The van der Waals surface area contributed by atoms with Crippen LogP contribution in [0.15, 0.2) is 36.7 Å². The van der Waals surface area contributed by atoms with Gasteiger partial charge in [0, 0.05) is 25.5 Å². The normalized spacial score (nSPS) is 10.9. The Balaban J connectivity index is 1.97. The molecule has 0 unspecified atom stereocenters. The fourth-order valence-corrected chi connectivity index (χ4v) is 2.07. The van der Waals surface area contributed by atoms with Crippen LogP contribution >= 0.6 is 11.6 Å². The minimum Gasteiger partial charge on any atom is -0.350 e. The topological polar surface area (TPSA) is 17.0 Å². The maximum absolute atomic E-state index is 13.3. The van der Waals surface area contributed by atoms with E-state index in [4.69, 9.17) is 11.6 Å². The third-order valence-corrected chi connectivity index (χ3v) is 3.22. The van der Waals surface area contributed by atoms with Gasteiger partial charge < -0.3 is 9.88 Å².